The van der Waals surface area contributed by atoms with Gasteiger partial charge in [0.15, 0.2) is 0 Å². The molecule has 168 valence electrons. The SMILES string of the molecule is CCn1cc(-c2ccc3cnc(NC(=O)c4ccnc(N5CCN(C)CC5)c4)nc3c2)cn1. The van der Waals surface area contributed by atoms with Gasteiger partial charge in [-0.05, 0) is 37.7 Å². The summed E-state index contributed by atoms with van der Waals surface area (Å²) in [7, 11) is 2.11. The van der Waals surface area contributed by atoms with Gasteiger partial charge in [0, 0.05) is 67.8 Å². The highest BCUT2D eigenvalue weighted by molar-refractivity contribution is 6.04. The lowest BCUT2D eigenvalue weighted by Crippen LogP contribution is -2.44. The van der Waals surface area contributed by atoms with Gasteiger partial charge in [-0.15, -0.1) is 0 Å². The zero-order chi connectivity index (χ0) is 22.8. The number of fused-ring (bicyclic) bond motifs is 1. The summed E-state index contributed by atoms with van der Waals surface area (Å²) >= 11 is 0. The fourth-order valence-electron chi connectivity index (χ4n) is 3.89. The van der Waals surface area contributed by atoms with Crippen LogP contribution in [0.4, 0.5) is 11.8 Å². The lowest BCUT2D eigenvalue weighted by atomic mass is 10.1. The molecular weight excluding hydrogens is 416 g/mol. The van der Waals surface area contributed by atoms with Crippen molar-refractivity contribution >= 4 is 28.6 Å². The second kappa shape index (κ2) is 8.95. The number of hydrogen-bond donors (Lipinski definition) is 1. The van der Waals surface area contributed by atoms with Crippen LogP contribution in [-0.4, -0.2) is 68.8 Å². The molecule has 1 amide bonds. The van der Waals surface area contributed by atoms with Crippen molar-refractivity contribution in [2.45, 2.75) is 13.5 Å². The average molecular weight is 443 g/mol. The number of pyridine rings is 1. The maximum absolute atomic E-state index is 12.9. The van der Waals surface area contributed by atoms with Crippen molar-refractivity contribution in [1.29, 1.82) is 0 Å². The van der Waals surface area contributed by atoms with Crippen LogP contribution in [0.5, 0.6) is 0 Å². The summed E-state index contributed by atoms with van der Waals surface area (Å²) in [5.41, 5.74) is 3.33. The molecule has 4 aromatic rings. The number of aromatic nitrogens is 5. The summed E-state index contributed by atoms with van der Waals surface area (Å²) in [6, 6.07) is 9.52. The largest absolute Gasteiger partial charge is 0.354 e. The Bertz CT molecular complexity index is 1290. The summed E-state index contributed by atoms with van der Waals surface area (Å²) in [6.45, 7) is 6.60. The number of benzene rings is 1. The molecule has 3 aromatic heterocycles. The van der Waals surface area contributed by atoms with Crippen LogP contribution in [-0.2, 0) is 6.54 Å². The van der Waals surface area contributed by atoms with Crippen molar-refractivity contribution in [2.24, 2.45) is 0 Å². The van der Waals surface area contributed by atoms with Crippen molar-refractivity contribution in [2.75, 3.05) is 43.4 Å². The van der Waals surface area contributed by atoms with E-state index in [1.54, 1.807) is 18.5 Å². The van der Waals surface area contributed by atoms with Crippen LogP contribution in [0.25, 0.3) is 22.0 Å². The number of nitrogens with zero attached hydrogens (tertiary/aromatic N) is 7. The number of aryl methyl sites for hydroxylation is 1. The molecule has 4 heterocycles. The maximum atomic E-state index is 12.9. The molecule has 9 heteroatoms. The average Bonchev–Trinajstić information content (AvgIpc) is 3.34. The standard InChI is InChI=1S/C24H26N8O/c1-3-32-16-20(15-27-32)17-4-5-19-14-26-24(28-21(19)12-17)29-23(33)18-6-7-25-22(13-18)31-10-8-30(2)9-11-31/h4-7,12-16H,3,8-11H2,1-2H3,(H,26,28,29,33). The van der Waals surface area contributed by atoms with Gasteiger partial charge in [-0.3, -0.25) is 14.8 Å². The second-order valence-corrected chi connectivity index (χ2v) is 8.20. The molecule has 0 atom stereocenters. The number of nitrogens with one attached hydrogen (secondary N) is 1. The highest BCUT2D eigenvalue weighted by Crippen LogP contribution is 2.24. The van der Waals surface area contributed by atoms with Crippen LogP contribution in [0.2, 0.25) is 0 Å². The van der Waals surface area contributed by atoms with Gasteiger partial charge < -0.3 is 9.80 Å². The van der Waals surface area contributed by atoms with Gasteiger partial charge in [0.25, 0.3) is 5.91 Å². The van der Waals surface area contributed by atoms with Crippen LogP contribution in [0, 0.1) is 0 Å². The summed E-state index contributed by atoms with van der Waals surface area (Å²) in [4.78, 5) is 30.7. The predicted octanol–water partition coefficient (Wildman–Crippen LogP) is 2.91. The van der Waals surface area contributed by atoms with Gasteiger partial charge in [-0.1, -0.05) is 12.1 Å². The van der Waals surface area contributed by atoms with E-state index in [1.165, 1.54) is 0 Å². The Kier molecular flexibility index (Phi) is 5.70. The van der Waals surface area contributed by atoms with Gasteiger partial charge in [0.05, 0.1) is 11.7 Å². The number of rotatable bonds is 5. The quantitative estimate of drug-likeness (QED) is 0.508. The fourth-order valence-corrected chi connectivity index (χ4v) is 3.89. The summed E-state index contributed by atoms with van der Waals surface area (Å²) in [6.07, 6.45) is 7.24. The lowest BCUT2D eigenvalue weighted by Gasteiger charge is -2.33. The first-order chi connectivity index (χ1) is 16.1. The number of carbonyl (C=O) groups is 1. The zero-order valence-corrected chi connectivity index (χ0v) is 18.8. The van der Waals surface area contributed by atoms with Crippen LogP contribution in [0.1, 0.15) is 17.3 Å². The highest BCUT2D eigenvalue weighted by atomic mass is 16.1. The van der Waals surface area contributed by atoms with E-state index in [0.717, 1.165) is 60.6 Å². The Hall–Kier alpha value is -3.85. The van der Waals surface area contributed by atoms with Gasteiger partial charge >= 0.3 is 0 Å². The third kappa shape index (κ3) is 4.54. The number of likely N-dealkylation sites (N-methyl/N-ethyl adjacent to an activating group) is 1. The third-order valence-electron chi connectivity index (χ3n) is 5.93. The minimum Gasteiger partial charge on any atom is -0.354 e. The second-order valence-electron chi connectivity index (χ2n) is 8.20. The van der Waals surface area contributed by atoms with Crippen molar-refractivity contribution in [1.82, 2.24) is 29.6 Å². The molecule has 0 bridgehead atoms. The fraction of sp³-hybridized carbons (Fsp3) is 0.292. The van der Waals surface area contributed by atoms with Gasteiger partial charge in [-0.25, -0.2) is 15.0 Å². The van der Waals surface area contributed by atoms with E-state index < -0.39 is 0 Å². The van der Waals surface area contributed by atoms with Crippen molar-refractivity contribution in [3.05, 3.63) is 60.7 Å². The summed E-state index contributed by atoms with van der Waals surface area (Å²) in [5.74, 6) is 0.826. The Labute approximate surface area is 192 Å². The molecule has 1 fully saturated rings. The lowest BCUT2D eigenvalue weighted by molar-refractivity contribution is 0.102. The molecule has 9 nitrogen and oxygen atoms in total. The highest BCUT2D eigenvalue weighted by Gasteiger charge is 2.17. The van der Waals surface area contributed by atoms with E-state index in [0.29, 0.717) is 5.56 Å². The van der Waals surface area contributed by atoms with E-state index in [2.05, 4.69) is 49.1 Å². The third-order valence-corrected chi connectivity index (χ3v) is 5.93. The molecule has 0 radical (unpaired) electrons. The van der Waals surface area contributed by atoms with Crippen molar-refractivity contribution < 1.29 is 4.79 Å². The molecule has 5 rings (SSSR count). The normalized spacial score (nSPS) is 14.5. The molecule has 1 N–H and O–H groups in total. The van der Waals surface area contributed by atoms with Crippen molar-refractivity contribution in [3.63, 3.8) is 0 Å². The van der Waals surface area contributed by atoms with Crippen LogP contribution < -0.4 is 10.2 Å². The number of carbonyl (C=O) groups excluding carboxylic acids is 1. The molecule has 0 aliphatic carbocycles. The predicted molar refractivity (Wildman–Crippen MR) is 128 cm³/mol. The Morgan fingerprint density at radius 2 is 1.88 bits per heavy atom. The Balaban J connectivity index is 1.35. The first kappa shape index (κ1) is 21.0. The summed E-state index contributed by atoms with van der Waals surface area (Å²) in [5, 5.41) is 8.07. The van der Waals surface area contributed by atoms with Crippen LogP contribution in [0.15, 0.2) is 55.1 Å². The van der Waals surface area contributed by atoms with E-state index >= 15 is 0 Å². The molecule has 1 saturated heterocycles. The van der Waals surface area contributed by atoms with Crippen molar-refractivity contribution in [3.8, 4) is 11.1 Å². The Morgan fingerprint density at radius 3 is 2.67 bits per heavy atom. The minimum atomic E-state index is -0.257. The number of amides is 1. The molecule has 1 aromatic carbocycles. The number of hydrogen-bond acceptors (Lipinski definition) is 7. The van der Waals surface area contributed by atoms with Gasteiger partial charge in [-0.2, -0.15) is 5.10 Å². The molecular formula is C24H26N8O. The van der Waals surface area contributed by atoms with E-state index in [1.807, 2.05) is 41.3 Å². The summed E-state index contributed by atoms with van der Waals surface area (Å²) < 4.78 is 1.89. The van der Waals surface area contributed by atoms with E-state index in [-0.39, 0.29) is 11.9 Å². The van der Waals surface area contributed by atoms with Crippen LogP contribution in [0.3, 0.4) is 0 Å². The first-order valence-electron chi connectivity index (χ1n) is 11.1. The Morgan fingerprint density at radius 1 is 1.03 bits per heavy atom. The zero-order valence-electron chi connectivity index (χ0n) is 18.8. The molecule has 1 aliphatic rings. The molecule has 1 aliphatic heterocycles. The maximum Gasteiger partial charge on any atom is 0.258 e. The minimum absolute atomic E-state index is 0.257. The van der Waals surface area contributed by atoms with E-state index in [9.17, 15) is 4.79 Å². The monoisotopic (exact) mass is 442 g/mol. The number of anilines is 2. The molecule has 0 unspecified atom stereocenters. The molecule has 33 heavy (non-hydrogen) atoms. The van der Waals surface area contributed by atoms with Gasteiger partial charge in [0.1, 0.15) is 5.82 Å². The number of piperazine rings is 1. The molecule has 0 spiro atoms. The molecule has 0 saturated carbocycles. The van der Waals surface area contributed by atoms with Crippen LogP contribution >= 0.6 is 0 Å². The van der Waals surface area contributed by atoms with Gasteiger partial charge in [0.2, 0.25) is 5.95 Å². The smallest absolute Gasteiger partial charge is 0.258 e. The first-order valence-corrected chi connectivity index (χ1v) is 11.1. The topological polar surface area (TPSA) is 92.1 Å². The van der Waals surface area contributed by atoms with E-state index in [4.69, 9.17) is 0 Å².